The maximum Gasteiger partial charge on any atom is 0.307 e. The second kappa shape index (κ2) is 5.81. The van der Waals surface area contributed by atoms with Gasteiger partial charge in [-0.15, -0.1) is 0 Å². The minimum Gasteiger partial charge on any atom is -0.493 e. The van der Waals surface area contributed by atoms with Crippen LogP contribution in [0.2, 0.25) is 0 Å². The molecular formula is C14H17NO5. The van der Waals surface area contributed by atoms with Gasteiger partial charge in [-0.1, -0.05) is 12.1 Å². The van der Waals surface area contributed by atoms with E-state index in [9.17, 15) is 9.59 Å². The number of nitrogens with one attached hydrogen (secondary N) is 1. The number of benzene rings is 1. The van der Waals surface area contributed by atoms with Crippen LogP contribution in [0.3, 0.4) is 0 Å². The van der Waals surface area contributed by atoms with Crippen molar-refractivity contribution in [3.05, 3.63) is 23.8 Å². The Morgan fingerprint density at radius 2 is 2.05 bits per heavy atom. The summed E-state index contributed by atoms with van der Waals surface area (Å²) in [5, 5.41) is 11.5. The average Bonchev–Trinajstić information content (AvgIpc) is 3.24. The van der Waals surface area contributed by atoms with Crippen molar-refractivity contribution in [1.82, 2.24) is 5.32 Å². The zero-order chi connectivity index (χ0) is 14.7. The molecule has 2 N–H and O–H groups in total. The van der Waals surface area contributed by atoms with E-state index < -0.39 is 17.8 Å². The number of carboxylic acids is 1. The fraction of sp³-hybridized carbons (Fsp3) is 0.429. The number of hydrogen-bond acceptors (Lipinski definition) is 4. The fourth-order valence-electron chi connectivity index (χ4n) is 2.16. The number of carboxylic acid groups (broad SMARTS) is 1. The first-order valence-electron chi connectivity index (χ1n) is 6.28. The van der Waals surface area contributed by atoms with Gasteiger partial charge in [0.1, 0.15) is 0 Å². The van der Waals surface area contributed by atoms with E-state index in [1.807, 2.05) is 6.07 Å². The van der Waals surface area contributed by atoms with Crippen molar-refractivity contribution in [2.75, 3.05) is 14.2 Å². The molecule has 0 heterocycles. The highest BCUT2D eigenvalue weighted by atomic mass is 16.5. The van der Waals surface area contributed by atoms with Gasteiger partial charge in [-0.05, 0) is 12.5 Å². The third-order valence-corrected chi connectivity index (χ3v) is 3.38. The number of amides is 1. The summed E-state index contributed by atoms with van der Waals surface area (Å²) < 4.78 is 10.4. The van der Waals surface area contributed by atoms with Gasteiger partial charge in [-0.3, -0.25) is 9.59 Å². The largest absolute Gasteiger partial charge is 0.493 e. The maximum atomic E-state index is 11.8. The highest BCUT2D eigenvalue weighted by molar-refractivity contribution is 5.89. The van der Waals surface area contributed by atoms with Crippen molar-refractivity contribution in [2.45, 2.75) is 13.0 Å². The molecule has 0 radical (unpaired) electrons. The summed E-state index contributed by atoms with van der Waals surface area (Å²) in [6.45, 7) is 0.280. The van der Waals surface area contributed by atoms with Gasteiger partial charge >= 0.3 is 5.97 Å². The first kappa shape index (κ1) is 14.2. The Kier molecular flexibility index (Phi) is 4.12. The highest BCUT2D eigenvalue weighted by Gasteiger charge is 2.48. The molecule has 1 aromatic rings. The van der Waals surface area contributed by atoms with Gasteiger partial charge < -0.3 is 19.9 Å². The molecule has 6 nitrogen and oxygen atoms in total. The number of carbonyl (C=O) groups is 2. The quantitative estimate of drug-likeness (QED) is 0.812. The van der Waals surface area contributed by atoms with E-state index in [1.54, 1.807) is 19.2 Å². The van der Waals surface area contributed by atoms with Crippen molar-refractivity contribution in [1.29, 1.82) is 0 Å². The Labute approximate surface area is 116 Å². The number of para-hydroxylation sites is 1. The number of ether oxygens (including phenoxy) is 2. The molecule has 2 rings (SSSR count). The van der Waals surface area contributed by atoms with Crippen molar-refractivity contribution >= 4 is 11.9 Å². The van der Waals surface area contributed by atoms with Gasteiger partial charge in [-0.25, -0.2) is 0 Å². The summed E-state index contributed by atoms with van der Waals surface area (Å²) in [4.78, 5) is 22.5. The minimum absolute atomic E-state index is 0.234. The Bertz CT molecular complexity index is 528. The van der Waals surface area contributed by atoms with Gasteiger partial charge in [0.25, 0.3) is 0 Å². The van der Waals surface area contributed by atoms with Gasteiger partial charge in [0.05, 0.1) is 26.1 Å². The van der Waals surface area contributed by atoms with E-state index >= 15 is 0 Å². The normalized spacial score (nSPS) is 20.1. The van der Waals surface area contributed by atoms with E-state index in [1.165, 1.54) is 7.11 Å². The summed E-state index contributed by atoms with van der Waals surface area (Å²) in [5.41, 5.74) is 0.785. The van der Waals surface area contributed by atoms with Crippen LogP contribution in [0.5, 0.6) is 11.5 Å². The van der Waals surface area contributed by atoms with Crippen LogP contribution in [0.1, 0.15) is 12.0 Å². The molecule has 0 bridgehead atoms. The Balaban J connectivity index is 1.98. The summed E-state index contributed by atoms with van der Waals surface area (Å²) in [6.07, 6.45) is 0.413. The highest BCUT2D eigenvalue weighted by Crippen LogP contribution is 2.39. The third kappa shape index (κ3) is 2.84. The predicted molar refractivity (Wildman–Crippen MR) is 70.6 cm³/mol. The first-order valence-corrected chi connectivity index (χ1v) is 6.28. The molecule has 0 aliphatic heterocycles. The molecule has 108 valence electrons. The van der Waals surface area contributed by atoms with Crippen LogP contribution >= 0.6 is 0 Å². The third-order valence-electron chi connectivity index (χ3n) is 3.38. The van der Waals surface area contributed by atoms with Crippen LogP contribution in [-0.4, -0.2) is 31.2 Å². The zero-order valence-corrected chi connectivity index (χ0v) is 11.4. The van der Waals surface area contributed by atoms with Crippen LogP contribution in [0, 0.1) is 11.8 Å². The van der Waals surface area contributed by atoms with Crippen LogP contribution in [-0.2, 0) is 16.1 Å². The molecule has 1 aromatic carbocycles. The Morgan fingerprint density at radius 1 is 1.30 bits per heavy atom. The van der Waals surface area contributed by atoms with Gasteiger partial charge in [0.2, 0.25) is 5.91 Å². The van der Waals surface area contributed by atoms with Crippen molar-refractivity contribution in [2.24, 2.45) is 11.8 Å². The molecule has 0 saturated heterocycles. The van der Waals surface area contributed by atoms with Crippen LogP contribution < -0.4 is 14.8 Å². The lowest BCUT2D eigenvalue weighted by molar-refractivity contribution is -0.140. The van der Waals surface area contributed by atoms with Crippen LogP contribution in [0.4, 0.5) is 0 Å². The predicted octanol–water partition coefficient (Wildman–Crippen LogP) is 1.04. The van der Waals surface area contributed by atoms with Crippen molar-refractivity contribution in [3.8, 4) is 11.5 Å². The van der Waals surface area contributed by atoms with Crippen LogP contribution in [0.25, 0.3) is 0 Å². The van der Waals surface area contributed by atoms with E-state index in [0.29, 0.717) is 17.9 Å². The summed E-state index contributed by atoms with van der Waals surface area (Å²) >= 11 is 0. The molecular weight excluding hydrogens is 262 g/mol. The lowest BCUT2D eigenvalue weighted by Crippen LogP contribution is -2.26. The fourth-order valence-corrected chi connectivity index (χ4v) is 2.16. The van der Waals surface area contributed by atoms with Crippen molar-refractivity contribution < 1.29 is 24.2 Å². The molecule has 20 heavy (non-hydrogen) atoms. The molecule has 6 heteroatoms. The van der Waals surface area contributed by atoms with Crippen molar-refractivity contribution in [3.63, 3.8) is 0 Å². The van der Waals surface area contributed by atoms with Gasteiger partial charge in [0, 0.05) is 12.1 Å². The zero-order valence-electron chi connectivity index (χ0n) is 11.4. The van der Waals surface area contributed by atoms with E-state index in [4.69, 9.17) is 14.6 Å². The molecule has 1 fully saturated rings. The lowest BCUT2D eigenvalue weighted by atomic mass is 10.1. The van der Waals surface area contributed by atoms with Crippen LogP contribution in [0.15, 0.2) is 18.2 Å². The second-order valence-electron chi connectivity index (χ2n) is 4.66. The smallest absolute Gasteiger partial charge is 0.307 e. The molecule has 1 aliphatic carbocycles. The second-order valence-corrected chi connectivity index (χ2v) is 4.66. The molecule has 0 unspecified atom stereocenters. The van der Waals surface area contributed by atoms with E-state index in [-0.39, 0.29) is 12.5 Å². The van der Waals surface area contributed by atoms with Gasteiger partial charge in [-0.2, -0.15) is 0 Å². The SMILES string of the molecule is COc1cccc(CNC(=O)[C@@H]2C[C@@H]2C(=O)O)c1OC. The maximum absolute atomic E-state index is 11.8. The Morgan fingerprint density at radius 3 is 2.60 bits per heavy atom. The van der Waals surface area contributed by atoms with E-state index in [0.717, 1.165) is 5.56 Å². The molecule has 2 atom stereocenters. The number of hydrogen-bond donors (Lipinski definition) is 2. The summed E-state index contributed by atoms with van der Waals surface area (Å²) in [7, 11) is 3.08. The molecule has 1 saturated carbocycles. The molecule has 1 aliphatic rings. The number of rotatable bonds is 6. The molecule has 0 spiro atoms. The topological polar surface area (TPSA) is 84.9 Å². The lowest BCUT2D eigenvalue weighted by Gasteiger charge is -2.13. The number of aliphatic carboxylic acids is 1. The number of methoxy groups -OCH3 is 2. The van der Waals surface area contributed by atoms with Gasteiger partial charge in [0.15, 0.2) is 11.5 Å². The summed E-state index contributed by atoms with van der Waals surface area (Å²) in [5.74, 6) is -0.937. The monoisotopic (exact) mass is 279 g/mol. The molecule has 1 amide bonds. The summed E-state index contributed by atoms with van der Waals surface area (Å²) in [6, 6.07) is 5.40. The minimum atomic E-state index is -0.913. The average molecular weight is 279 g/mol. The molecule has 0 aromatic heterocycles. The van der Waals surface area contributed by atoms with E-state index in [2.05, 4.69) is 5.32 Å². The first-order chi connectivity index (χ1) is 9.58. The Hall–Kier alpha value is -2.24. The standard InChI is InChI=1S/C14H17NO5/c1-19-11-5-3-4-8(12(11)20-2)7-15-13(16)9-6-10(9)14(17)18/h3-5,9-10H,6-7H2,1-2H3,(H,15,16)(H,17,18)/t9-,10+/m1/s1. The number of carbonyl (C=O) groups excluding carboxylic acids is 1.